The molecule has 3 N–H and O–H groups in total. The first kappa shape index (κ1) is 76.1. The monoisotopic (exact) mass is 1160 g/mol. The molecule has 0 radical (unpaired) electrons. The molecule has 2 unspecified atom stereocenters. The van der Waals surface area contributed by atoms with Crippen LogP contribution in [-0.2, 0) is 65.4 Å². The molecule has 0 aromatic rings. The second kappa shape index (κ2) is 51.9. The Labute approximate surface area is 473 Å². The Morgan fingerprint density at radius 1 is 0.346 bits per heavy atom. The molecule has 0 fully saturated rings. The highest BCUT2D eigenvalue weighted by Gasteiger charge is 2.30. The van der Waals surface area contributed by atoms with Crippen molar-refractivity contribution in [2.75, 3.05) is 39.6 Å². The van der Waals surface area contributed by atoms with Crippen molar-refractivity contribution in [2.24, 2.45) is 11.8 Å². The largest absolute Gasteiger partial charge is 0.472 e. The summed E-state index contributed by atoms with van der Waals surface area (Å²) < 4.78 is 67.6. The fraction of sp³-hybridized carbons (Fsp3) is 0.932. The maximum atomic E-state index is 12.9. The number of phosphoric ester groups is 2. The second-order valence-corrected chi connectivity index (χ2v) is 25.2. The number of aliphatic hydroxyl groups excluding tert-OH is 1. The molecule has 0 spiro atoms. The average molecular weight is 1160 g/mol. The zero-order valence-corrected chi connectivity index (χ0v) is 51.7. The molecular weight excluding hydrogens is 1040 g/mol. The minimum absolute atomic E-state index is 0.105. The van der Waals surface area contributed by atoms with Crippen molar-refractivity contribution in [3.63, 3.8) is 0 Å². The fourth-order valence-electron chi connectivity index (χ4n) is 8.65. The molecule has 0 saturated heterocycles. The van der Waals surface area contributed by atoms with E-state index in [-0.39, 0.29) is 25.7 Å². The molecule has 0 amide bonds. The average Bonchev–Trinajstić information content (AvgIpc) is 3.39. The molecule has 5 atom stereocenters. The lowest BCUT2D eigenvalue weighted by atomic mass is 10.0. The SMILES string of the molecule is CCCCCCCCCCCC(=O)O[C@H](COC(=O)CCCCCCCCC)COP(=O)(O)OC[C@H](O)COP(=O)(O)OC[C@@H](COC(=O)CCCCCCCCC(C)C)OC(=O)CCCCCCCCCCCCC(C)C. The molecule has 78 heavy (non-hydrogen) atoms. The van der Waals surface area contributed by atoms with E-state index in [4.69, 9.17) is 37.0 Å². The lowest BCUT2D eigenvalue weighted by Crippen LogP contribution is -2.30. The summed E-state index contributed by atoms with van der Waals surface area (Å²) in [6.45, 7) is 9.30. The van der Waals surface area contributed by atoms with E-state index in [1.807, 2.05) is 0 Å². The van der Waals surface area contributed by atoms with Gasteiger partial charge >= 0.3 is 39.5 Å². The van der Waals surface area contributed by atoms with Crippen LogP contribution in [0.25, 0.3) is 0 Å². The molecule has 17 nitrogen and oxygen atoms in total. The number of aliphatic hydroxyl groups is 1. The van der Waals surface area contributed by atoms with Crippen LogP contribution in [0.4, 0.5) is 0 Å². The normalized spacial score (nSPS) is 14.4. The molecule has 0 saturated carbocycles. The van der Waals surface area contributed by atoms with Crippen molar-refractivity contribution >= 4 is 39.5 Å². The van der Waals surface area contributed by atoms with Crippen LogP contribution in [-0.4, -0.2) is 96.7 Å². The van der Waals surface area contributed by atoms with E-state index in [1.54, 1.807) is 0 Å². The van der Waals surface area contributed by atoms with Crippen LogP contribution in [0.15, 0.2) is 0 Å². The van der Waals surface area contributed by atoms with E-state index < -0.39 is 97.5 Å². The number of hydrogen-bond acceptors (Lipinski definition) is 15. The maximum absolute atomic E-state index is 12.9. The maximum Gasteiger partial charge on any atom is 0.472 e. The lowest BCUT2D eigenvalue weighted by molar-refractivity contribution is -0.161. The summed E-state index contributed by atoms with van der Waals surface area (Å²) in [5.41, 5.74) is 0. The zero-order valence-electron chi connectivity index (χ0n) is 50.0. The predicted octanol–water partition coefficient (Wildman–Crippen LogP) is 15.7. The van der Waals surface area contributed by atoms with Crippen molar-refractivity contribution < 1.29 is 80.2 Å². The predicted molar refractivity (Wildman–Crippen MR) is 308 cm³/mol. The number of unbranched alkanes of at least 4 members (excludes halogenated alkanes) is 28. The zero-order chi connectivity index (χ0) is 58.0. The van der Waals surface area contributed by atoms with Crippen molar-refractivity contribution in [3.05, 3.63) is 0 Å². The van der Waals surface area contributed by atoms with Crippen LogP contribution in [0.5, 0.6) is 0 Å². The fourth-order valence-corrected chi connectivity index (χ4v) is 10.2. The van der Waals surface area contributed by atoms with Crippen molar-refractivity contribution in [2.45, 2.75) is 304 Å². The van der Waals surface area contributed by atoms with Crippen LogP contribution in [0.3, 0.4) is 0 Å². The van der Waals surface area contributed by atoms with Crippen LogP contribution in [0.2, 0.25) is 0 Å². The Kier molecular flexibility index (Phi) is 50.6. The molecule has 0 aliphatic carbocycles. The first-order valence-electron chi connectivity index (χ1n) is 31.0. The minimum Gasteiger partial charge on any atom is -0.462 e. The molecular formula is C59H114O17P2. The Balaban J connectivity index is 5.21. The van der Waals surface area contributed by atoms with E-state index in [0.717, 1.165) is 115 Å². The third kappa shape index (κ3) is 53.4. The van der Waals surface area contributed by atoms with Gasteiger partial charge < -0.3 is 33.8 Å². The summed E-state index contributed by atoms with van der Waals surface area (Å²) in [4.78, 5) is 71.8. The van der Waals surface area contributed by atoms with Gasteiger partial charge in [0.15, 0.2) is 12.2 Å². The molecule has 19 heteroatoms. The van der Waals surface area contributed by atoms with Gasteiger partial charge in [-0.05, 0) is 37.5 Å². The molecule has 0 heterocycles. The van der Waals surface area contributed by atoms with Crippen LogP contribution < -0.4 is 0 Å². The summed E-state index contributed by atoms with van der Waals surface area (Å²) in [7, 11) is -9.87. The van der Waals surface area contributed by atoms with Crippen LogP contribution >= 0.6 is 15.6 Å². The topological polar surface area (TPSA) is 237 Å². The number of esters is 4. The second-order valence-electron chi connectivity index (χ2n) is 22.3. The van der Waals surface area contributed by atoms with Crippen molar-refractivity contribution in [1.82, 2.24) is 0 Å². The Hall–Kier alpha value is -1.94. The summed E-state index contributed by atoms with van der Waals surface area (Å²) in [5, 5.41) is 10.5. The smallest absolute Gasteiger partial charge is 0.462 e. The van der Waals surface area contributed by atoms with Gasteiger partial charge in [-0.15, -0.1) is 0 Å². The number of carbonyl (C=O) groups is 4. The highest BCUT2D eigenvalue weighted by molar-refractivity contribution is 7.47. The number of ether oxygens (including phenoxy) is 4. The highest BCUT2D eigenvalue weighted by Crippen LogP contribution is 2.45. The standard InChI is InChI=1S/C59H114O17P2/c1-7-9-11-13-15-18-23-31-37-43-58(63)75-54(47-69-56(61)41-35-29-21-14-12-10-8-2)49-73-77(65,66)71-45-53(60)46-72-78(67,68)74-50-55(48-70-57(62)42-36-30-26-25-28-34-40-52(5)6)76-59(64)44-38-32-24-20-17-16-19-22-27-33-39-51(3)4/h51-55,60H,7-50H2,1-6H3,(H,65,66)(H,67,68)/t53-,54+,55+/m0/s1. The van der Waals surface area contributed by atoms with Gasteiger partial charge in [-0.2, -0.15) is 0 Å². The molecule has 0 aliphatic heterocycles. The number of rotatable bonds is 58. The van der Waals surface area contributed by atoms with E-state index in [9.17, 15) is 43.2 Å². The summed E-state index contributed by atoms with van der Waals surface area (Å²) in [5.74, 6) is -0.717. The van der Waals surface area contributed by atoms with Crippen LogP contribution in [0, 0.1) is 11.8 Å². The van der Waals surface area contributed by atoms with Gasteiger partial charge in [0.05, 0.1) is 26.4 Å². The molecule has 0 aromatic carbocycles. The molecule has 0 aromatic heterocycles. The van der Waals surface area contributed by atoms with E-state index in [1.165, 1.54) is 83.5 Å². The van der Waals surface area contributed by atoms with E-state index >= 15 is 0 Å². The lowest BCUT2D eigenvalue weighted by Gasteiger charge is -2.21. The summed E-state index contributed by atoms with van der Waals surface area (Å²) in [6.07, 6.45) is 32.3. The molecule has 462 valence electrons. The molecule has 0 bridgehead atoms. The highest BCUT2D eigenvalue weighted by atomic mass is 31.2. The Bertz CT molecular complexity index is 1550. The van der Waals surface area contributed by atoms with E-state index in [2.05, 4.69) is 41.5 Å². The van der Waals surface area contributed by atoms with Gasteiger partial charge in [-0.25, -0.2) is 9.13 Å². The van der Waals surface area contributed by atoms with Gasteiger partial charge in [-0.1, -0.05) is 234 Å². The Morgan fingerprint density at radius 2 is 0.590 bits per heavy atom. The quantitative estimate of drug-likeness (QED) is 0.0222. The van der Waals surface area contributed by atoms with Gasteiger partial charge in [0.2, 0.25) is 0 Å². The summed E-state index contributed by atoms with van der Waals surface area (Å²) >= 11 is 0. The van der Waals surface area contributed by atoms with Gasteiger partial charge in [-0.3, -0.25) is 37.3 Å². The van der Waals surface area contributed by atoms with Crippen molar-refractivity contribution in [1.29, 1.82) is 0 Å². The van der Waals surface area contributed by atoms with E-state index in [0.29, 0.717) is 31.6 Å². The Morgan fingerprint density at radius 3 is 0.872 bits per heavy atom. The number of hydrogen-bond donors (Lipinski definition) is 3. The van der Waals surface area contributed by atoms with Gasteiger partial charge in [0.1, 0.15) is 19.3 Å². The van der Waals surface area contributed by atoms with Gasteiger partial charge in [0.25, 0.3) is 0 Å². The first-order chi connectivity index (χ1) is 37.4. The minimum atomic E-state index is -4.94. The summed E-state index contributed by atoms with van der Waals surface area (Å²) in [6, 6.07) is 0. The van der Waals surface area contributed by atoms with Gasteiger partial charge in [0, 0.05) is 25.7 Å². The number of phosphoric acid groups is 2. The van der Waals surface area contributed by atoms with Crippen LogP contribution in [0.1, 0.15) is 286 Å². The molecule has 0 rings (SSSR count). The van der Waals surface area contributed by atoms with Crippen molar-refractivity contribution in [3.8, 4) is 0 Å². The third-order valence-corrected chi connectivity index (χ3v) is 15.4. The molecule has 0 aliphatic rings. The first-order valence-corrected chi connectivity index (χ1v) is 34.0. The third-order valence-electron chi connectivity index (χ3n) is 13.5. The number of carbonyl (C=O) groups excluding carboxylic acids is 4.